The largest absolute Gasteiger partial charge is 0.478 e. The van der Waals surface area contributed by atoms with Gasteiger partial charge >= 0.3 is 11.7 Å². The zero-order chi connectivity index (χ0) is 15.0. The molecule has 20 heavy (non-hydrogen) atoms. The second kappa shape index (κ2) is 4.92. The molecule has 1 aromatic heterocycles. The zero-order valence-corrected chi connectivity index (χ0v) is 11.9. The molecule has 0 aliphatic heterocycles. The van der Waals surface area contributed by atoms with E-state index in [1.165, 1.54) is 0 Å². The lowest BCUT2D eigenvalue weighted by atomic mass is 9.91. The van der Waals surface area contributed by atoms with Crippen LogP contribution < -0.4 is 5.69 Å². The van der Waals surface area contributed by atoms with Crippen LogP contribution in [0.1, 0.15) is 32.6 Å². The van der Waals surface area contributed by atoms with E-state index in [0.717, 1.165) is 34.0 Å². The Bertz CT molecular complexity index is 734. The maximum atomic E-state index is 11.5. The molecular weight excluding hydrogens is 256 g/mol. The molecule has 2 rings (SSSR count). The van der Waals surface area contributed by atoms with Crippen LogP contribution in [0.25, 0.3) is 11.3 Å². The first-order valence-corrected chi connectivity index (χ1v) is 6.23. The highest BCUT2D eigenvalue weighted by Crippen LogP contribution is 2.31. The molecule has 5 heteroatoms. The molecule has 1 aromatic carbocycles. The van der Waals surface area contributed by atoms with Gasteiger partial charge in [-0.25, -0.2) is 14.6 Å². The van der Waals surface area contributed by atoms with E-state index >= 15 is 0 Å². The minimum absolute atomic E-state index is 0.000741. The zero-order valence-electron chi connectivity index (χ0n) is 11.9. The van der Waals surface area contributed by atoms with Crippen molar-refractivity contribution in [3.05, 3.63) is 50.6 Å². The number of aromatic amines is 1. The van der Waals surface area contributed by atoms with Crippen molar-refractivity contribution in [1.82, 2.24) is 9.97 Å². The molecule has 5 nitrogen and oxygen atoms in total. The number of nitrogens with one attached hydrogen (secondary N) is 1. The van der Waals surface area contributed by atoms with Crippen molar-refractivity contribution in [1.29, 1.82) is 0 Å². The van der Waals surface area contributed by atoms with Gasteiger partial charge in [0.25, 0.3) is 0 Å². The number of hydrogen-bond donors (Lipinski definition) is 2. The third-order valence-corrected chi connectivity index (χ3v) is 3.66. The summed E-state index contributed by atoms with van der Waals surface area (Å²) in [5.41, 5.74) is 4.55. The number of carboxylic acid groups (broad SMARTS) is 1. The maximum Gasteiger partial charge on any atom is 0.345 e. The SMILES string of the molecule is Cc1cc(C)c(C)c(-c2[nH]c(=O)ncc2C(=O)O)c1C. The van der Waals surface area contributed by atoms with Gasteiger partial charge in [-0.1, -0.05) is 6.07 Å². The number of rotatable bonds is 2. The summed E-state index contributed by atoms with van der Waals surface area (Å²) in [7, 11) is 0. The summed E-state index contributed by atoms with van der Waals surface area (Å²) in [6.07, 6.45) is 1.10. The molecule has 0 aliphatic carbocycles. The van der Waals surface area contributed by atoms with E-state index in [2.05, 4.69) is 9.97 Å². The Kier molecular flexibility index (Phi) is 3.44. The summed E-state index contributed by atoms with van der Waals surface area (Å²) < 4.78 is 0. The van der Waals surface area contributed by atoms with Crippen molar-refractivity contribution < 1.29 is 9.90 Å². The van der Waals surface area contributed by atoms with E-state index in [4.69, 9.17) is 0 Å². The fourth-order valence-electron chi connectivity index (χ4n) is 2.35. The Balaban J connectivity index is 2.91. The number of nitrogens with zero attached hydrogens (tertiary/aromatic N) is 1. The molecule has 0 aliphatic rings. The molecule has 0 atom stereocenters. The number of H-pyrrole nitrogens is 1. The summed E-state index contributed by atoms with van der Waals surface area (Å²) in [4.78, 5) is 28.9. The van der Waals surface area contributed by atoms with E-state index in [1.807, 2.05) is 33.8 Å². The van der Waals surface area contributed by atoms with Gasteiger partial charge in [-0.3, -0.25) is 0 Å². The molecular formula is C15H16N2O3. The fourth-order valence-corrected chi connectivity index (χ4v) is 2.35. The van der Waals surface area contributed by atoms with Gasteiger partial charge in [-0.15, -0.1) is 0 Å². The molecule has 0 saturated carbocycles. The van der Waals surface area contributed by atoms with Gasteiger partial charge in [0.05, 0.1) is 5.69 Å². The van der Waals surface area contributed by atoms with Crippen molar-refractivity contribution in [2.24, 2.45) is 0 Å². The minimum atomic E-state index is -1.11. The predicted octanol–water partition coefficient (Wildman–Crippen LogP) is 2.37. The average molecular weight is 272 g/mol. The van der Waals surface area contributed by atoms with Crippen molar-refractivity contribution in [3.63, 3.8) is 0 Å². The number of aryl methyl sites for hydroxylation is 2. The lowest BCUT2D eigenvalue weighted by molar-refractivity contribution is 0.0697. The number of aromatic carboxylic acids is 1. The first-order valence-electron chi connectivity index (χ1n) is 6.23. The fraction of sp³-hybridized carbons (Fsp3) is 0.267. The quantitative estimate of drug-likeness (QED) is 0.879. The number of carboxylic acids is 1. The van der Waals surface area contributed by atoms with Gasteiger partial charge in [-0.05, 0) is 49.9 Å². The van der Waals surface area contributed by atoms with Gasteiger partial charge in [0, 0.05) is 11.8 Å². The lowest BCUT2D eigenvalue weighted by Crippen LogP contribution is -2.16. The number of carbonyl (C=O) groups is 1. The van der Waals surface area contributed by atoms with Crippen LogP contribution in [-0.4, -0.2) is 21.0 Å². The number of aromatic nitrogens is 2. The molecule has 0 fully saturated rings. The summed E-state index contributed by atoms with van der Waals surface area (Å²) in [6, 6.07) is 2.05. The van der Waals surface area contributed by atoms with Crippen LogP contribution in [0.15, 0.2) is 17.1 Å². The Hall–Kier alpha value is -2.43. The van der Waals surface area contributed by atoms with E-state index in [9.17, 15) is 14.7 Å². The molecule has 2 N–H and O–H groups in total. The molecule has 0 amide bonds. The lowest BCUT2D eigenvalue weighted by Gasteiger charge is -2.16. The van der Waals surface area contributed by atoms with Crippen LogP contribution in [0.4, 0.5) is 0 Å². The van der Waals surface area contributed by atoms with Gasteiger partial charge in [-0.2, -0.15) is 0 Å². The van der Waals surface area contributed by atoms with E-state index in [0.29, 0.717) is 5.69 Å². The standard InChI is InChI=1S/C15H16N2O3/c1-7-5-8(2)10(4)12(9(7)3)13-11(14(18)19)6-16-15(20)17-13/h5-6H,1-4H3,(H,18,19)(H,16,17,20). The van der Waals surface area contributed by atoms with Gasteiger partial charge in [0.15, 0.2) is 0 Å². The van der Waals surface area contributed by atoms with Crippen molar-refractivity contribution in [2.45, 2.75) is 27.7 Å². The average Bonchev–Trinajstić information content (AvgIpc) is 2.36. The highest BCUT2D eigenvalue weighted by atomic mass is 16.4. The van der Waals surface area contributed by atoms with Crippen LogP contribution in [-0.2, 0) is 0 Å². The number of hydrogen-bond acceptors (Lipinski definition) is 3. The predicted molar refractivity (Wildman–Crippen MR) is 76.2 cm³/mol. The smallest absolute Gasteiger partial charge is 0.345 e. The van der Waals surface area contributed by atoms with Crippen molar-refractivity contribution in [2.75, 3.05) is 0 Å². The molecule has 0 bridgehead atoms. The maximum absolute atomic E-state index is 11.5. The Labute approximate surface area is 116 Å². The van der Waals surface area contributed by atoms with Gasteiger partial charge in [0.2, 0.25) is 0 Å². The van der Waals surface area contributed by atoms with Crippen LogP contribution >= 0.6 is 0 Å². The normalized spacial score (nSPS) is 10.6. The van der Waals surface area contributed by atoms with Crippen LogP contribution in [0, 0.1) is 27.7 Å². The summed E-state index contributed by atoms with van der Waals surface area (Å²) in [5, 5.41) is 9.28. The molecule has 1 heterocycles. The molecule has 0 spiro atoms. The first kappa shape index (κ1) is 14.0. The third-order valence-electron chi connectivity index (χ3n) is 3.66. The van der Waals surface area contributed by atoms with Gasteiger partial charge in [0.1, 0.15) is 5.56 Å². The van der Waals surface area contributed by atoms with Crippen LogP contribution in [0.3, 0.4) is 0 Å². The second-order valence-electron chi connectivity index (χ2n) is 4.92. The topological polar surface area (TPSA) is 83.0 Å². The van der Waals surface area contributed by atoms with E-state index in [1.54, 1.807) is 0 Å². The highest BCUT2D eigenvalue weighted by molar-refractivity contribution is 5.95. The van der Waals surface area contributed by atoms with Gasteiger partial charge < -0.3 is 10.1 Å². The molecule has 0 unspecified atom stereocenters. The summed E-state index contributed by atoms with van der Waals surface area (Å²) >= 11 is 0. The van der Waals surface area contributed by atoms with E-state index < -0.39 is 11.7 Å². The monoisotopic (exact) mass is 272 g/mol. The Morgan fingerprint density at radius 1 is 1.15 bits per heavy atom. The summed E-state index contributed by atoms with van der Waals surface area (Å²) in [6.45, 7) is 7.76. The molecule has 104 valence electrons. The highest BCUT2D eigenvalue weighted by Gasteiger charge is 2.18. The Morgan fingerprint density at radius 2 is 1.70 bits per heavy atom. The number of benzene rings is 1. The van der Waals surface area contributed by atoms with Crippen LogP contribution in [0.5, 0.6) is 0 Å². The third kappa shape index (κ3) is 2.22. The van der Waals surface area contributed by atoms with E-state index in [-0.39, 0.29) is 5.56 Å². The Morgan fingerprint density at radius 3 is 2.20 bits per heavy atom. The van der Waals surface area contributed by atoms with Crippen molar-refractivity contribution >= 4 is 5.97 Å². The molecule has 2 aromatic rings. The first-order chi connectivity index (χ1) is 9.32. The minimum Gasteiger partial charge on any atom is -0.478 e. The molecule has 0 radical (unpaired) electrons. The summed E-state index contributed by atoms with van der Waals surface area (Å²) in [5.74, 6) is -1.11. The molecule has 0 saturated heterocycles. The van der Waals surface area contributed by atoms with Crippen LogP contribution in [0.2, 0.25) is 0 Å². The second-order valence-corrected chi connectivity index (χ2v) is 4.92. The van der Waals surface area contributed by atoms with Crippen molar-refractivity contribution in [3.8, 4) is 11.3 Å².